The Labute approximate surface area is 177 Å². The maximum absolute atomic E-state index is 12.6. The molecule has 0 aliphatic carbocycles. The summed E-state index contributed by atoms with van der Waals surface area (Å²) in [6, 6.07) is 19.0. The summed E-state index contributed by atoms with van der Waals surface area (Å²) in [4.78, 5) is 27.3. The molecule has 2 aromatic carbocycles. The number of hydrogen-bond donors (Lipinski definition) is 1. The molecule has 6 heteroatoms. The first-order valence-electron chi connectivity index (χ1n) is 10.3. The lowest BCUT2D eigenvalue weighted by molar-refractivity contribution is 0.0943. The molecular weight excluding hydrogens is 376 g/mol. The number of benzene rings is 2. The van der Waals surface area contributed by atoms with E-state index in [2.05, 4.69) is 41.3 Å². The molecular formula is C24H28N4O2. The van der Waals surface area contributed by atoms with Gasteiger partial charge in [-0.3, -0.25) is 14.5 Å². The van der Waals surface area contributed by atoms with E-state index in [4.69, 9.17) is 0 Å². The minimum absolute atomic E-state index is 0.109. The largest absolute Gasteiger partial charge is 0.346 e. The predicted octanol–water partition coefficient (Wildman–Crippen LogP) is 3.31. The molecule has 0 spiro atoms. The van der Waals surface area contributed by atoms with Gasteiger partial charge in [0.2, 0.25) is 5.43 Å². The Kier molecular flexibility index (Phi) is 7.14. The number of aryl methyl sites for hydroxylation is 1. The molecule has 1 N–H and O–H groups in total. The first kappa shape index (κ1) is 21.5. The van der Waals surface area contributed by atoms with Crippen molar-refractivity contribution in [1.29, 1.82) is 0 Å². The zero-order valence-electron chi connectivity index (χ0n) is 17.8. The Balaban J connectivity index is 1.70. The van der Waals surface area contributed by atoms with Gasteiger partial charge >= 0.3 is 0 Å². The van der Waals surface area contributed by atoms with Crippen LogP contribution >= 0.6 is 0 Å². The van der Waals surface area contributed by atoms with E-state index >= 15 is 0 Å². The van der Waals surface area contributed by atoms with Crippen molar-refractivity contribution in [3.63, 3.8) is 0 Å². The van der Waals surface area contributed by atoms with E-state index in [-0.39, 0.29) is 11.1 Å². The van der Waals surface area contributed by atoms with Gasteiger partial charge in [0.1, 0.15) is 0 Å². The molecule has 0 bridgehead atoms. The molecule has 0 aliphatic rings. The van der Waals surface area contributed by atoms with Crippen LogP contribution in [0.15, 0.2) is 65.5 Å². The van der Waals surface area contributed by atoms with E-state index in [1.807, 2.05) is 42.5 Å². The van der Waals surface area contributed by atoms with Crippen molar-refractivity contribution >= 4 is 5.91 Å². The third kappa shape index (κ3) is 5.21. The minimum Gasteiger partial charge on any atom is -0.346 e. The predicted molar refractivity (Wildman–Crippen MR) is 119 cm³/mol. The van der Waals surface area contributed by atoms with Gasteiger partial charge in [0.15, 0.2) is 5.69 Å². The maximum Gasteiger partial charge on any atom is 0.276 e. The summed E-state index contributed by atoms with van der Waals surface area (Å²) in [6.45, 7) is 9.37. The van der Waals surface area contributed by atoms with Crippen LogP contribution in [0.4, 0.5) is 0 Å². The van der Waals surface area contributed by atoms with Crippen LogP contribution in [0, 0.1) is 6.92 Å². The summed E-state index contributed by atoms with van der Waals surface area (Å²) in [5.41, 5.74) is 3.19. The molecule has 1 aromatic heterocycles. The highest BCUT2D eigenvalue weighted by atomic mass is 16.2. The normalized spacial score (nSPS) is 10.9. The van der Waals surface area contributed by atoms with Crippen molar-refractivity contribution in [3.8, 4) is 5.69 Å². The number of rotatable bonds is 8. The Hall–Kier alpha value is -3.25. The van der Waals surface area contributed by atoms with E-state index in [1.165, 1.54) is 11.6 Å². The van der Waals surface area contributed by atoms with Gasteiger partial charge in [-0.25, -0.2) is 4.68 Å². The van der Waals surface area contributed by atoms with Gasteiger partial charge < -0.3 is 5.32 Å². The third-order valence-corrected chi connectivity index (χ3v) is 5.10. The monoisotopic (exact) mass is 404 g/mol. The number of aromatic nitrogens is 2. The number of amides is 1. The lowest BCUT2D eigenvalue weighted by atomic mass is 10.1. The fourth-order valence-electron chi connectivity index (χ4n) is 3.27. The van der Waals surface area contributed by atoms with Gasteiger partial charge in [0.25, 0.3) is 5.91 Å². The number of carbonyl (C=O) groups excluding carboxylic acids is 1. The summed E-state index contributed by atoms with van der Waals surface area (Å²) in [5.74, 6) is -0.475. The fraction of sp³-hybridized carbons (Fsp3) is 0.292. The molecule has 0 radical (unpaired) electrons. The second kappa shape index (κ2) is 9.98. The van der Waals surface area contributed by atoms with Crippen molar-refractivity contribution in [1.82, 2.24) is 20.0 Å². The Morgan fingerprint density at radius 3 is 2.27 bits per heavy atom. The van der Waals surface area contributed by atoms with Crippen molar-refractivity contribution in [3.05, 3.63) is 93.4 Å². The SMILES string of the molecule is CCN(CC)Cc1ccc(CNC(=O)c2nn(-c3ccccc3)c(C)cc2=O)cc1. The van der Waals surface area contributed by atoms with Gasteiger partial charge in [0, 0.05) is 24.8 Å². The van der Waals surface area contributed by atoms with Crippen LogP contribution in [0.5, 0.6) is 0 Å². The average Bonchev–Trinajstić information content (AvgIpc) is 2.77. The third-order valence-electron chi connectivity index (χ3n) is 5.10. The van der Waals surface area contributed by atoms with E-state index in [0.717, 1.165) is 30.9 Å². The second-order valence-corrected chi connectivity index (χ2v) is 7.21. The minimum atomic E-state index is -0.475. The number of carbonyl (C=O) groups is 1. The van der Waals surface area contributed by atoms with Crippen LogP contribution in [0.3, 0.4) is 0 Å². The lowest BCUT2D eigenvalue weighted by Crippen LogP contribution is -2.31. The Morgan fingerprint density at radius 1 is 1.00 bits per heavy atom. The van der Waals surface area contributed by atoms with E-state index < -0.39 is 5.91 Å². The standard InChI is InChI=1S/C24H28N4O2/c1-4-27(5-2)17-20-13-11-19(12-14-20)16-25-24(30)23-22(29)15-18(3)28(26-23)21-9-7-6-8-10-21/h6-15H,4-5,16-17H2,1-3H3,(H,25,30). The molecule has 30 heavy (non-hydrogen) atoms. The zero-order valence-corrected chi connectivity index (χ0v) is 17.8. The van der Waals surface area contributed by atoms with Crippen molar-refractivity contribution in [2.45, 2.75) is 33.9 Å². The molecule has 0 aliphatic heterocycles. The molecule has 0 atom stereocenters. The number of para-hydroxylation sites is 1. The molecule has 6 nitrogen and oxygen atoms in total. The quantitative estimate of drug-likeness (QED) is 0.625. The summed E-state index contributed by atoms with van der Waals surface area (Å²) in [7, 11) is 0. The first-order valence-corrected chi connectivity index (χ1v) is 10.3. The molecule has 0 fully saturated rings. The zero-order chi connectivity index (χ0) is 21.5. The Morgan fingerprint density at radius 2 is 1.63 bits per heavy atom. The number of hydrogen-bond acceptors (Lipinski definition) is 4. The summed E-state index contributed by atoms with van der Waals surface area (Å²) in [5, 5.41) is 7.12. The van der Waals surface area contributed by atoms with Crippen molar-refractivity contribution < 1.29 is 4.79 Å². The average molecular weight is 405 g/mol. The molecule has 0 unspecified atom stereocenters. The van der Waals surface area contributed by atoms with Gasteiger partial charge in [0.05, 0.1) is 5.69 Å². The molecule has 1 heterocycles. The van der Waals surface area contributed by atoms with Crippen LogP contribution in [-0.4, -0.2) is 33.7 Å². The summed E-state index contributed by atoms with van der Waals surface area (Å²) in [6.07, 6.45) is 0. The first-order chi connectivity index (χ1) is 14.5. The fourth-order valence-corrected chi connectivity index (χ4v) is 3.27. The van der Waals surface area contributed by atoms with Gasteiger partial charge in [-0.15, -0.1) is 0 Å². The Bertz CT molecular complexity index is 1040. The topological polar surface area (TPSA) is 67.2 Å². The van der Waals surface area contributed by atoms with Crippen LogP contribution in [0.25, 0.3) is 5.69 Å². The van der Waals surface area contributed by atoms with Crippen molar-refractivity contribution in [2.24, 2.45) is 0 Å². The summed E-state index contributed by atoms with van der Waals surface area (Å²) < 4.78 is 1.61. The van der Waals surface area contributed by atoms with Gasteiger partial charge in [-0.1, -0.05) is 56.3 Å². The van der Waals surface area contributed by atoms with Crippen LogP contribution in [0.1, 0.15) is 41.2 Å². The highest BCUT2D eigenvalue weighted by Crippen LogP contribution is 2.09. The number of nitrogens with zero attached hydrogens (tertiary/aromatic N) is 3. The second-order valence-electron chi connectivity index (χ2n) is 7.21. The lowest BCUT2D eigenvalue weighted by Gasteiger charge is -2.18. The smallest absolute Gasteiger partial charge is 0.276 e. The van der Waals surface area contributed by atoms with Crippen LogP contribution in [0.2, 0.25) is 0 Å². The molecule has 3 rings (SSSR count). The molecule has 1 amide bonds. The van der Waals surface area contributed by atoms with Gasteiger partial charge in [-0.2, -0.15) is 5.10 Å². The van der Waals surface area contributed by atoms with Gasteiger partial charge in [-0.05, 0) is 43.3 Å². The highest BCUT2D eigenvalue weighted by Gasteiger charge is 2.15. The molecule has 3 aromatic rings. The van der Waals surface area contributed by atoms with Crippen molar-refractivity contribution in [2.75, 3.05) is 13.1 Å². The summed E-state index contributed by atoms with van der Waals surface area (Å²) >= 11 is 0. The van der Waals surface area contributed by atoms with E-state index in [1.54, 1.807) is 11.6 Å². The molecule has 0 saturated carbocycles. The van der Waals surface area contributed by atoms with E-state index in [0.29, 0.717) is 12.2 Å². The molecule has 0 saturated heterocycles. The van der Waals surface area contributed by atoms with Crippen LogP contribution < -0.4 is 10.7 Å². The highest BCUT2D eigenvalue weighted by molar-refractivity contribution is 5.92. The maximum atomic E-state index is 12.6. The number of nitrogens with one attached hydrogen (secondary N) is 1. The molecule has 156 valence electrons. The van der Waals surface area contributed by atoms with E-state index in [9.17, 15) is 9.59 Å². The van der Waals surface area contributed by atoms with Crippen LogP contribution in [-0.2, 0) is 13.1 Å².